The highest BCUT2D eigenvalue weighted by molar-refractivity contribution is 7.80. The highest BCUT2D eigenvalue weighted by atomic mass is 32.1. The molecule has 0 fully saturated rings. The zero-order chi connectivity index (χ0) is 12.1. The van der Waals surface area contributed by atoms with Crippen molar-refractivity contribution in [2.75, 3.05) is 10.6 Å². The number of benzene rings is 1. The van der Waals surface area contributed by atoms with E-state index in [-0.39, 0.29) is 0 Å². The second kappa shape index (κ2) is 5.41. The molecule has 0 aliphatic rings. The first-order valence-corrected chi connectivity index (χ1v) is 5.71. The van der Waals surface area contributed by atoms with Crippen molar-refractivity contribution in [2.24, 2.45) is 0 Å². The summed E-state index contributed by atoms with van der Waals surface area (Å²) in [6.45, 7) is 1.94. The molecule has 3 nitrogen and oxygen atoms in total. The number of aromatic nitrogens is 1. The molecule has 0 atom stereocenters. The Hall–Kier alpha value is -1.94. The van der Waals surface area contributed by atoms with Gasteiger partial charge in [0.05, 0.1) is 11.4 Å². The minimum Gasteiger partial charge on any atom is -0.332 e. The average molecular weight is 243 g/mol. The van der Waals surface area contributed by atoms with Gasteiger partial charge in [0, 0.05) is 11.9 Å². The van der Waals surface area contributed by atoms with Crippen molar-refractivity contribution in [3.63, 3.8) is 0 Å². The lowest BCUT2D eigenvalue weighted by Gasteiger charge is -2.11. The van der Waals surface area contributed by atoms with Crippen molar-refractivity contribution in [3.05, 3.63) is 54.4 Å². The van der Waals surface area contributed by atoms with Crippen LogP contribution in [-0.2, 0) is 0 Å². The van der Waals surface area contributed by atoms with Crippen LogP contribution < -0.4 is 10.6 Å². The summed E-state index contributed by atoms with van der Waals surface area (Å²) in [5, 5.41) is 6.79. The Bertz CT molecular complexity index is 511. The number of nitrogens with one attached hydrogen (secondary N) is 2. The molecule has 0 amide bonds. The van der Waals surface area contributed by atoms with E-state index in [4.69, 9.17) is 12.2 Å². The number of aryl methyl sites for hydroxylation is 1. The number of nitrogens with zero attached hydrogens (tertiary/aromatic N) is 1. The van der Waals surface area contributed by atoms with Crippen LogP contribution in [0.25, 0.3) is 0 Å². The van der Waals surface area contributed by atoms with Gasteiger partial charge in [-0.05, 0) is 43.4 Å². The van der Waals surface area contributed by atoms with E-state index in [0.29, 0.717) is 5.11 Å². The molecule has 0 unspecified atom stereocenters. The molecular formula is C13H13N3S. The van der Waals surface area contributed by atoms with Gasteiger partial charge in [0.1, 0.15) is 0 Å². The summed E-state index contributed by atoms with van der Waals surface area (Å²) in [6, 6.07) is 13.6. The molecule has 0 bridgehead atoms. The summed E-state index contributed by atoms with van der Waals surface area (Å²) in [4.78, 5) is 4.19. The van der Waals surface area contributed by atoms with Crippen molar-refractivity contribution >= 4 is 28.7 Å². The summed E-state index contributed by atoms with van der Waals surface area (Å²) in [6.07, 6.45) is 1.76. The van der Waals surface area contributed by atoms with Gasteiger partial charge in [-0.25, -0.2) is 0 Å². The SMILES string of the molecule is Cc1ncccc1NC(=S)Nc1ccccc1. The van der Waals surface area contributed by atoms with E-state index in [0.717, 1.165) is 17.1 Å². The number of anilines is 2. The van der Waals surface area contributed by atoms with E-state index < -0.39 is 0 Å². The molecule has 1 aromatic heterocycles. The third-order valence-electron chi connectivity index (χ3n) is 2.29. The fourth-order valence-electron chi connectivity index (χ4n) is 1.42. The molecule has 17 heavy (non-hydrogen) atoms. The van der Waals surface area contributed by atoms with Crippen molar-refractivity contribution in [1.82, 2.24) is 4.98 Å². The third kappa shape index (κ3) is 3.26. The predicted molar refractivity (Wildman–Crippen MR) is 75.3 cm³/mol. The van der Waals surface area contributed by atoms with Crippen LogP contribution in [0.1, 0.15) is 5.69 Å². The Balaban J connectivity index is 2.01. The van der Waals surface area contributed by atoms with E-state index in [9.17, 15) is 0 Å². The van der Waals surface area contributed by atoms with Gasteiger partial charge in [-0.3, -0.25) is 4.98 Å². The minimum atomic E-state index is 0.562. The molecular weight excluding hydrogens is 230 g/mol. The summed E-state index contributed by atoms with van der Waals surface area (Å²) in [5.41, 5.74) is 2.80. The number of thiocarbonyl (C=S) groups is 1. The topological polar surface area (TPSA) is 37.0 Å². The Kier molecular flexibility index (Phi) is 3.67. The molecule has 1 aromatic carbocycles. The van der Waals surface area contributed by atoms with Gasteiger partial charge < -0.3 is 10.6 Å². The number of pyridine rings is 1. The van der Waals surface area contributed by atoms with Crippen LogP contribution in [-0.4, -0.2) is 10.1 Å². The Morgan fingerprint density at radius 2 is 1.82 bits per heavy atom. The maximum Gasteiger partial charge on any atom is 0.175 e. The Morgan fingerprint density at radius 1 is 1.06 bits per heavy atom. The van der Waals surface area contributed by atoms with E-state index >= 15 is 0 Å². The highest BCUT2D eigenvalue weighted by Gasteiger charge is 2.01. The number of hydrogen-bond acceptors (Lipinski definition) is 2. The zero-order valence-corrected chi connectivity index (χ0v) is 10.3. The second-order valence-corrected chi connectivity index (χ2v) is 3.99. The van der Waals surface area contributed by atoms with Gasteiger partial charge in [-0.1, -0.05) is 18.2 Å². The van der Waals surface area contributed by atoms with Gasteiger partial charge >= 0.3 is 0 Å². The van der Waals surface area contributed by atoms with Gasteiger partial charge in [-0.15, -0.1) is 0 Å². The van der Waals surface area contributed by atoms with E-state index in [1.807, 2.05) is 49.4 Å². The lowest BCUT2D eigenvalue weighted by Crippen LogP contribution is -2.19. The Labute approximate surface area is 106 Å². The van der Waals surface area contributed by atoms with Crippen LogP contribution in [0.5, 0.6) is 0 Å². The molecule has 0 saturated carbocycles. The maximum atomic E-state index is 5.23. The van der Waals surface area contributed by atoms with Crippen LogP contribution in [0.4, 0.5) is 11.4 Å². The molecule has 0 radical (unpaired) electrons. The quantitative estimate of drug-likeness (QED) is 0.794. The predicted octanol–water partition coefficient (Wildman–Crippen LogP) is 3.20. The largest absolute Gasteiger partial charge is 0.332 e. The number of para-hydroxylation sites is 1. The van der Waals surface area contributed by atoms with Crippen LogP contribution >= 0.6 is 12.2 Å². The van der Waals surface area contributed by atoms with E-state index in [1.165, 1.54) is 0 Å². The van der Waals surface area contributed by atoms with Crippen LogP contribution in [0.3, 0.4) is 0 Å². The number of hydrogen-bond donors (Lipinski definition) is 2. The van der Waals surface area contributed by atoms with Crippen molar-refractivity contribution in [2.45, 2.75) is 6.92 Å². The van der Waals surface area contributed by atoms with Crippen molar-refractivity contribution in [3.8, 4) is 0 Å². The first-order valence-electron chi connectivity index (χ1n) is 5.30. The zero-order valence-electron chi connectivity index (χ0n) is 9.47. The molecule has 0 aliphatic heterocycles. The fraction of sp³-hybridized carbons (Fsp3) is 0.0769. The highest BCUT2D eigenvalue weighted by Crippen LogP contribution is 2.11. The van der Waals surface area contributed by atoms with Gasteiger partial charge in [0.25, 0.3) is 0 Å². The van der Waals surface area contributed by atoms with Gasteiger partial charge in [-0.2, -0.15) is 0 Å². The lowest BCUT2D eigenvalue weighted by atomic mass is 10.3. The van der Waals surface area contributed by atoms with Crippen molar-refractivity contribution in [1.29, 1.82) is 0 Å². The molecule has 0 aliphatic carbocycles. The summed E-state index contributed by atoms with van der Waals surface area (Å²) >= 11 is 5.23. The summed E-state index contributed by atoms with van der Waals surface area (Å²) in [5.74, 6) is 0. The van der Waals surface area contributed by atoms with Crippen LogP contribution in [0.2, 0.25) is 0 Å². The molecule has 2 aromatic rings. The maximum absolute atomic E-state index is 5.23. The standard InChI is InChI=1S/C13H13N3S/c1-10-12(8-5-9-14-10)16-13(17)15-11-6-3-2-4-7-11/h2-9H,1H3,(H2,15,16,17). The molecule has 86 valence electrons. The van der Waals surface area contributed by atoms with Crippen LogP contribution in [0, 0.1) is 6.92 Å². The molecule has 2 N–H and O–H groups in total. The monoisotopic (exact) mass is 243 g/mol. The summed E-state index contributed by atoms with van der Waals surface area (Å²) in [7, 11) is 0. The van der Waals surface area contributed by atoms with Crippen molar-refractivity contribution < 1.29 is 0 Å². The molecule has 4 heteroatoms. The fourth-order valence-corrected chi connectivity index (χ4v) is 1.65. The van der Waals surface area contributed by atoms with Gasteiger partial charge in [0.2, 0.25) is 0 Å². The average Bonchev–Trinajstić information content (AvgIpc) is 2.33. The van der Waals surface area contributed by atoms with E-state index in [2.05, 4.69) is 15.6 Å². The normalized spacial score (nSPS) is 9.71. The molecule has 0 spiro atoms. The van der Waals surface area contributed by atoms with Gasteiger partial charge in [0.15, 0.2) is 5.11 Å². The van der Waals surface area contributed by atoms with Crippen LogP contribution in [0.15, 0.2) is 48.7 Å². The molecule has 1 heterocycles. The minimum absolute atomic E-state index is 0.562. The first kappa shape index (κ1) is 11.5. The molecule has 0 saturated heterocycles. The third-order valence-corrected chi connectivity index (χ3v) is 2.49. The smallest absolute Gasteiger partial charge is 0.175 e. The van der Waals surface area contributed by atoms with E-state index in [1.54, 1.807) is 6.20 Å². The lowest BCUT2D eigenvalue weighted by molar-refractivity contribution is 1.20. The number of rotatable bonds is 2. The second-order valence-electron chi connectivity index (χ2n) is 3.58. The first-order chi connectivity index (χ1) is 8.25. The Morgan fingerprint density at radius 3 is 2.53 bits per heavy atom. The summed E-state index contributed by atoms with van der Waals surface area (Å²) < 4.78 is 0. The molecule has 2 rings (SSSR count).